The summed E-state index contributed by atoms with van der Waals surface area (Å²) in [5.74, 6) is 0.616. The van der Waals surface area contributed by atoms with Gasteiger partial charge in [0, 0.05) is 10.9 Å². The van der Waals surface area contributed by atoms with Crippen LogP contribution in [0.25, 0.3) is 10.8 Å². The van der Waals surface area contributed by atoms with Crippen LogP contribution in [0.3, 0.4) is 0 Å². The number of fused-ring (bicyclic) bond motifs is 1. The Hall–Kier alpha value is -2.16. The Kier molecular flexibility index (Phi) is 3.65. The Bertz CT molecular complexity index is 643. The van der Waals surface area contributed by atoms with Gasteiger partial charge in [-0.05, 0) is 38.3 Å². The zero-order valence-corrected chi connectivity index (χ0v) is 11.3. The van der Waals surface area contributed by atoms with Crippen LogP contribution in [0.15, 0.2) is 36.4 Å². The molecule has 3 heteroatoms. The van der Waals surface area contributed by atoms with Gasteiger partial charge in [0.15, 0.2) is 17.7 Å². The molecule has 0 fully saturated rings. The monoisotopic (exact) mass is 256 g/mol. The van der Waals surface area contributed by atoms with Gasteiger partial charge in [0.2, 0.25) is 0 Å². The molecule has 0 amide bonds. The Balaban J connectivity index is 2.55. The Morgan fingerprint density at radius 3 is 2.21 bits per heavy atom. The van der Waals surface area contributed by atoms with E-state index in [-0.39, 0.29) is 11.6 Å². The highest BCUT2D eigenvalue weighted by Gasteiger charge is 2.14. The average Bonchev–Trinajstić information content (AvgIpc) is 2.38. The minimum atomic E-state index is -0.494. The summed E-state index contributed by atoms with van der Waals surface area (Å²) >= 11 is 0. The van der Waals surface area contributed by atoms with Gasteiger partial charge in [0.05, 0.1) is 0 Å². The number of carbonyl (C=O) groups is 2. The number of hydrogen-bond donors (Lipinski definition) is 0. The first kappa shape index (κ1) is 13.3. The smallest absolute Gasteiger partial charge is 0.169 e. The number of ether oxygens (including phenoxy) is 1. The molecule has 0 aromatic heterocycles. The molecular formula is C16H16O3. The predicted molar refractivity (Wildman–Crippen MR) is 74.7 cm³/mol. The van der Waals surface area contributed by atoms with Crippen LogP contribution in [0.5, 0.6) is 5.75 Å². The highest BCUT2D eigenvalue weighted by atomic mass is 16.5. The van der Waals surface area contributed by atoms with Crippen LogP contribution >= 0.6 is 0 Å². The fourth-order valence-corrected chi connectivity index (χ4v) is 1.95. The summed E-state index contributed by atoms with van der Waals surface area (Å²) < 4.78 is 5.66. The molecule has 3 nitrogen and oxygen atoms in total. The topological polar surface area (TPSA) is 43.4 Å². The van der Waals surface area contributed by atoms with E-state index in [1.165, 1.54) is 6.92 Å². The second-order valence-electron chi connectivity index (χ2n) is 4.58. The zero-order valence-electron chi connectivity index (χ0n) is 11.3. The quantitative estimate of drug-likeness (QED) is 0.787. The van der Waals surface area contributed by atoms with E-state index < -0.39 is 6.10 Å². The molecule has 0 radical (unpaired) electrons. The highest BCUT2D eigenvalue weighted by molar-refractivity contribution is 6.08. The van der Waals surface area contributed by atoms with Gasteiger partial charge in [-0.1, -0.05) is 24.3 Å². The maximum Gasteiger partial charge on any atom is 0.169 e. The van der Waals surface area contributed by atoms with E-state index in [0.29, 0.717) is 11.3 Å². The first-order valence-corrected chi connectivity index (χ1v) is 6.20. The summed E-state index contributed by atoms with van der Waals surface area (Å²) in [6, 6.07) is 11.0. The molecule has 2 aromatic carbocycles. The fraction of sp³-hybridized carbons (Fsp3) is 0.250. The van der Waals surface area contributed by atoms with Crippen LogP contribution in [-0.2, 0) is 4.79 Å². The standard InChI is InChI=1S/C16H16O3/c1-10(17)12(3)19-16-9-8-13(11(2)18)14-6-4-5-7-15(14)16/h4-9,12H,1-3H3/t12-/m0/s1. The molecule has 2 aromatic rings. The average molecular weight is 256 g/mol. The number of carbonyl (C=O) groups excluding carboxylic acids is 2. The summed E-state index contributed by atoms with van der Waals surface area (Å²) in [4.78, 5) is 22.9. The first-order chi connectivity index (χ1) is 9.00. The van der Waals surface area contributed by atoms with Gasteiger partial charge in [0.1, 0.15) is 5.75 Å². The molecule has 1 atom stereocenters. The Morgan fingerprint density at radius 1 is 1.00 bits per heavy atom. The van der Waals surface area contributed by atoms with E-state index >= 15 is 0 Å². The van der Waals surface area contributed by atoms with Crippen LogP contribution in [0.2, 0.25) is 0 Å². The van der Waals surface area contributed by atoms with Crippen LogP contribution < -0.4 is 4.74 Å². The number of hydrogen-bond acceptors (Lipinski definition) is 3. The lowest BCUT2D eigenvalue weighted by Crippen LogP contribution is -2.20. The SMILES string of the molecule is CC(=O)c1ccc(O[C@@H](C)C(C)=O)c2ccccc12. The minimum Gasteiger partial charge on any atom is -0.482 e. The molecule has 19 heavy (non-hydrogen) atoms. The van der Waals surface area contributed by atoms with Crippen LogP contribution in [0, 0.1) is 0 Å². The summed E-state index contributed by atoms with van der Waals surface area (Å²) in [7, 11) is 0. The summed E-state index contributed by atoms with van der Waals surface area (Å²) in [6.07, 6.45) is -0.494. The lowest BCUT2D eigenvalue weighted by molar-refractivity contribution is -0.122. The molecule has 0 bridgehead atoms. The van der Waals surface area contributed by atoms with Gasteiger partial charge in [-0.25, -0.2) is 0 Å². The third kappa shape index (κ3) is 2.65. The largest absolute Gasteiger partial charge is 0.482 e. The van der Waals surface area contributed by atoms with Gasteiger partial charge in [-0.15, -0.1) is 0 Å². The molecular weight excluding hydrogens is 240 g/mol. The third-order valence-electron chi connectivity index (χ3n) is 3.14. The molecule has 2 rings (SSSR count). The number of ketones is 2. The van der Waals surface area contributed by atoms with E-state index in [2.05, 4.69) is 0 Å². The first-order valence-electron chi connectivity index (χ1n) is 6.20. The molecule has 0 saturated heterocycles. The summed E-state index contributed by atoms with van der Waals surface area (Å²) in [5, 5.41) is 1.70. The zero-order chi connectivity index (χ0) is 14.0. The van der Waals surface area contributed by atoms with Crippen molar-refractivity contribution in [3.63, 3.8) is 0 Å². The fourth-order valence-electron chi connectivity index (χ4n) is 1.95. The Morgan fingerprint density at radius 2 is 1.63 bits per heavy atom. The number of benzene rings is 2. The van der Waals surface area contributed by atoms with E-state index in [1.807, 2.05) is 24.3 Å². The molecule has 98 valence electrons. The molecule has 0 saturated carbocycles. The van der Waals surface area contributed by atoms with Gasteiger partial charge in [-0.3, -0.25) is 9.59 Å². The van der Waals surface area contributed by atoms with Gasteiger partial charge in [0.25, 0.3) is 0 Å². The van der Waals surface area contributed by atoms with Crippen molar-refractivity contribution < 1.29 is 14.3 Å². The highest BCUT2D eigenvalue weighted by Crippen LogP contribution is 2.29. The van der Waals surface area contributed by atoms with E-state index in [1.54, 1.807) is 26.0 Å². The number of Topliss-reactive ketones (excluding diaryl/α,β-unsaturated/α-hetero) is 2. The lowest BCUT2D eigenvalue weighted by Gasteiger charge is -2.15. The van der Waals surface area contributed by atoms with Gasteiger partial charge < -0.3 is 4.74 Å². The summed E-state index contributed by atoms with van der Waals surface area (Å²) in [6.45, 7) is 4.76. The molecule has 0 aliphatic carbocycles. The van der Waals surface area contributed by atoms with E-state index in [9.17, 15) is 9.59 Å². The normalized spacial score (nSPS) is 12.2. The van der Waals surface area contributed by atoms with Crippen molar-refractivity contribution in [2.75, 3.05) is 0 Å². The maximum absolute atomic E-state index is 11.6. The number of rotatable bonds is 4. The van der Waals surface area contributed by atoms with Gasteiger partial charge >= 0.3 is 0 Å². The Labute approximate surface area is 112 Å². The van der Waals surface area contributed by atoms with Crippen molar-refractivity contribution in [2.24, 2.45) is 0 Å². The summed E-state index contributed by atoms with van der Waals surface area (Å²) in [5.41, 5.74) is 0.665. The second kappa shape index (κ2) is 5.22. The van der Waals surface area contributed by atoms with Crippen LogP contribution in [0.4, 0.5) is 0 Å². The van der Waals surface area contributed by atoms with Crippen molar-refractivity contribution >= 4 is 22.3 Å². The van der Waals surface area contributed by atoms with Crippen molar-refractivity contribution in [1.82, 2.24) is 0 Å². The minimum absolute atomic E-state index is 0.0161. The van der Waals surface area contributed by atoms with Crippen LogP contribution in [0.1, 0.15) is 31.1 Å². The predicted octanol–water partition coefficient (Wildman–Crippen LogP) is 3.40. The molecule has 0 aliphatic heterocycles. The molecule has 0 unspecified atom stereocenters. The van der Waals surface area contributed by atoms with Crippen molar-refractivity contribution in [3.05, 3.63) is 42.0 Å². The van der Waals surface area contributed by atoms with Crippen LogP contribution in [-0.4, -0.2) is 17.7 Å². The second-order valence-corrected chi connectivity index (χ2v) is 4.58. The van der Waals surface area contributed by atoms with E-state index in [0.717, 1.165) is 10.8 Å². The molecule has 0 spiro atoms. The molecule has 0 aliphatic rings. The third-order valence-corrected chi connectivity index (χ3v) is 3.14. The van der Waals surface area contributed by atoms with E-state index in [4.69, 9.17) is 4.74 Å². The van der Waals surface area contributed by atoms with Crippen molar-refractivity contribution in [3.8, 4) is 5.75 Å². The maximum atomic E-state index is 11.6. The van der Waals surface area contributed by atoms with Crippen molar-refractivity contribution in [2.45, 2.75) is 26.9 Å². The van der Waals surface area contributed by atoms with Crippen molar-refractivity contribution in [1.29, 1.82) is 0 Å². The molecule has 0 N–H and O–H groups in total. The van der Waals surface area contributed by atoms with Gasteiger partial charge in [-0.2, -0.15) is 0 Å². The lowest BCUT2D eigenvalue weighted by atomic mass is 10.0. The molecule has 0 heterocycles.